The van der Waals surface area contributed by atoms with Crippen LogP contribution in [0.3, 0.4) is 0 Å². The summed E-state index contributed by atoms with van der Waals surface area (Å²) < 4.78 is 1.00. The van der Waals surface area contributed by atoms with Crippen LogP contribution >= 0.6 is 43.6 Å². The number of benzene rings is 1. The highest BCUT2D eigenvalue weighted by molar-refractivity contribution is 9.10. The maximum absolute atomic E-state index is 11.2. The molecule has 0 radical (unpaired) electrons. The van der Waals surface area contributed by atoms with Gasteiger partial charge >= 0.3 is 0 Å². The van der Waals surface area contributed by atoms with Gasteiger partial charge in [-0.1, -0.05) is 31.9 Å². The topological polar surface area (TPSA) is 17.1 Å². The van der Waals surface area contributed by atoms with E-state index in [0.717, 1.165) is 14.9 Å². The molecule has 1 rings (SSSR count). The molecule has 0 bridgehead atoms. The Hall–Kier alpha value is 0.200. The first-order valence-corrected chi connectivity index (χ1v) is 6.97. The number of Topliss-reactive ketones (excluding diaryl/α,β-unsaturated/α-hetero) is 1. The predicted molar refractivity (Wildman–Crippen MR) is 68.3 cm³/mol. The van der Waals surface area contributed by atoms with Crippen molar-refractivity contribution in [3.05, 3.63) is 28.2 Å². The van der Waals surface area contributed by atoms with Crippen molar-refractivity contribution < 1.29 is 4.79 Å². The summed E-state index contributed by atoms with van der Waals surface area (Å²) in [6, 6.07) is 6.02. The van der Waals surface area contributed by atoms with Crippen LogP contribution in [0.25, 0.3) is 0 Å². The molecule has 4 heteroatoms. The lowest BCUT2D eigenvalue weighted by Gasteiger charge is -2.08. The SMILES string of the molecule is CSc1cc(Br)cc(C(Br)C(C)=O)c1. The first kappa shape index (κ1) is 12.3. The van der Waals surface area contributed by atoms with Gasteiger partial charge in [0.1, 0.15) is 5.78 Å². The molecule has 0 saturated heterocycles. The normalized spacial score (nSPS) is 12.6. The molecule has 0 aromatic heterocycles. The van der Waals surface area contributed by atoms with E-state index < -0.39 is 0 Å². The summed E-state index contributed by atoms with van der Waals surface area (Å²) >= 11 is 8.46. The van der Waals surface area contributed by atoms with Crippen molar-refractivity contribution in [3.8, 4) is 0 Å². The minimum atomic E-state index is -0.203. The Morgan fingerprint density at radius 2 is 2.07 bits per heavy atom. The molecule has 0 heterocycles. The monoisotopic (exact) mass is 336 g/mol. The summed E-state index contributed by atoms with van der Waals surface area (Å²) in [5.74, 6) is 0.121. The van der Waals surface area contributed by atoms with Gasteiger partial charge in [-0.2, -0.15) is 0 Å². The fourth-order valence-corrected chi connectivity index (χ4v) is 2.51. The summed E-state index contributed by atoms with van der Waals surface area (Å²) in [5.41, 5.74) is 0.997. The minimum absolute atomic E-state index is 0.121. The van der Waals surface area contributed by atoms with Crippen molar-refractivity contribution in [1.29, 1.82) is 0 Å². The van der Waals surface area contributed by atoms with Gasteiger partial charge in [-0.25, -0.2) is 0 Å². The Bertz CT molecular complexity index is 352. The van der Waals surface area contributed by atoms with Crippen molar-refractivity contribution >= 4 is 49.4 Å². The minimum Gasteiger partial charge on any atom is -0.298 e. The second kappa shape index (κ2) is 5.33. The number of hydrogen-bond donors (Lipinski definition) is 0. The second-order valence-electron chi connectivity index (χ2n) is 2.90. The molecule has 1 atom stereocenters. The molecule has 0 fully saturated rings. The van der Waals surface area contributed by atoms with Crippen LogP contribution in [0, 0.1) is 0 Å². The third kappa shape index (κ3) is 3.11. The molecular weight excluding hydrogens is 328 g/mol. The zero-order valence-corrected chi connectivity index (χ0v) is 11.9. The fraction of sp³-hybridized carbons (Fsp3) is 0.300. The smallest absolute Gasteiger partial charge is 0.147 e. The number of ketones is 1. The maximum atomic E-state index is 11.2. The quantitative estimate of drug-likeness (QED) is 0.607. The largest absolute Gasteiger partial charge is 0.298 e. The summed E-state index contributed by atoms with van der Waals surface area (Å²) in [7, 11) is 0. The van der Waals surface area contributed by atoms with E-state index in [2.05, 4.69) is 31.9 Å². The van der Waals surface area contributed by atoms with E-state index in [1.807, 2.05) is 24.5 Å². The molecule has 76 valence electrons. The molecule has 1 aromatic carbocycles. The van der Waals surface area contributed by atoms with Gasteiger partial charge in [0, 0.05) is 9.37 Å². The van der Waals surface area contributed by atoms with Crippen LogP contribution in [0.5, 0.6) is 0 Å². The van der Waals surface area contributed by atoms with Gasteiger partial charge in [0.25, 0.3) is 0 Å². The summed E-state index contributed by atoms with van der Waals surface area (Å²) in [6.45, 7) is 1.58. The van der Waals surface area contributed by atoms with Gasteiger partial charge in [0.2, 0.25) is 0 Å². The summed E-state index contributed by atoms with van der Waals surface area (Å²) in [4.78, 5) is 12.1. The highest BCUT2D eigenvalue weighted by atomic mass is 79.9. The molecule has 0 N–H and O–H groups in total. The molecule has 0 aliphatic carbocycles. The zero-order valence-electron chi connectivity index (χ0n) is 7.88. The van der Waals surface area contributed by atoms with Crippen molar-refractivity contribution in [3.63, 3.8) is 0 Å². The Morgan fingerprint density at radius 1 is 1.43 bits per heavy atom. The standard InChI is InChI=1S/C10H10Br2OS/c1-6(13)10(12)7-3-8(11)5-9(4-7)14-2/h3-5,10H,1-2H3. The molecule has 0 spiro atoms. The molecule has 0 aliphatic heterocycles. The molecule has 1 unspecified atom stereocenters. The van der Waals surface area contributed by atoms with Gasteiger partial charge in [-0.05, 0) is 36.9 Å². The van der Waals surface area contributed by atoms with Crippen molar-refractivity contribution in [2.24, 2.45) is 0 Å². The molecule has 1 nitrogen and oxygen atoms in total. The van der Waals surface area contributed by atoms with E-state index in [-0.39, 0.29) is 10.6 Å². The average Bonchev–Trinajstić information content (AvgIpc) is 2.15. The highest BCUT2D eigenvalue weighted by Gasteiger charge is 2.13. The van der Waals surface area contributed by atoms with Crippen molar-refractivity contribution in [2.45, 2.75) is 16.6 Å². The second-order valence-corrected chi connectivity index (χ2v) is 5.61. The van der Waals surface area contributed by atoms with E-state index in [9.17, 15) is 4.79 Å². The van der Waals surface area contributed by atoms with Crippen LogP contribution in [0.1, 0.15) is 17.3 Å². The number of thioether (sulfide) groups is 1. The lowest BCUT2D eigenvalue weighted by molar-refractivity contribution is -0.116. The first-order chi connectivity index (χ1) is 6.54. The third-order valence-electron chi connectivity index (χ3n) is 1.78. The van der Waals surface area contributed by atoms with Crippen LogP contribution in [0.15, 0.2) is 27.6 Å². The average molecular weight is 338 g/mol. The van der Waals surface area contributed by atoms with Crippen LogP contribution < -0.4 is 0 Å². The van der Waals surface area contributed by atoms with Crippen molar-refractivity contribution in [2.75, 3.05) is 6.26 Å². The molecule has 0 amide bonds. The van der Waals surface area contributed by atoms with Gasteiger partial charge in [0.05, 0.1) is 4.83 Å². The number of alkyl halides is 1. The highest BCUT2D eigenvalue weighted by Crippen LogP contribution is 2.30. The molecule has 0 aliphatic rings. The fourth-order valence-electron chi connectivity index (χ4n) is 1.08. The van der Waals surface area contributed by atoms with Crippen LogP contribution in [-0.4, -0.2) is 12.0 Å². The number of rotatable bonds is 3. The van der Waals surface area contributed by atoms with Crippen LogP contribution in [0.4, 0.5) is 0 Å². The Balaban J connectivity index is 3.08. The Morgan fingerprint density at radius 3 is 2.57 bits per heavy atom. The van der Waals surface area contributed by atoms with Crippen molar-refractivity contribution in [1.82, 2.24) is 0 Å². The van der Waals surface area contributed by atoms with E-state index >= 15 is 0 Å². The van der Waals surface area contributed by atoms with Gasteiger partial charge in [-0.3, -0.25) is 4.79 Å². The third-order valence-corrected chi connectivity index (χ3v) is 4.12. The number of halogens is 2. The molecule has 14 heavy (non-hydrogen) atoms. The predicted octanol–water partition coefficient (Wildman–Crippen LogP) is 4.20. The Labute approximate surface area is 105 Å². The molecule has 0 saturated carbocycles. The van der Waals surface area contributed by atoms with Gasteiger partial charge in [-0.15, -0.1) is 11.8 Å². The number of carbonyl (C=O) groups excluding carboxylic acids is 1. The van der Waals surface area contributed by atoms with E-state index in [1.165, 1.54) is 0 Å². The van der Waals surface area contributed by atoms with E-state index in [0.29, 0.717) is 0 Å². The zero-order chi connectivity index (χ0) is 10.7. The summed E-state index contributed by atoms with van der Waals surface area (Å²) in [6.07, 6.45) is 2.02. The number of carbonyl (C=O) groups is 1. The summed E-state index contributed by atoms with van der Waals surface area (Å²) in [5, 5.41) is 0. The van der Waals surface area contributed by atoms with Crippen LogP contribution in [-0.2, 0) is 4.79 Å². The van der Waals surface area contributed by atoms with E-state index in [1.54, 1.807) is 18.7 Å². The van der Waals surface area contributed by atoms with E-state index in [4.69, 9.17) is 0 Å². The molecule has 1 aromatic rings. The first-order valence-electron chi connectivity index (χ1n) is 4.03. The lowest BCUT2D eigenvalue weighted by atomic mass is 10.1. The maximum Gasteiger partial charge on any atom is 0.147 e. The van der Waals surface area contributed by atoms with Crippen LogP contribution in [0.2, 0.25) is 0 Å². The molecular formula is C10H10Br2OS. The lowest BCUT2D eigenvalue weighted by Crippen LogP contribution is -2.00. The van der Waals surface area contributed by atoms with Gasteiger partial charge < -0.3 is 0 Å². The Kier molecular flexibility index (Phi) is 4.67. The number of hydrogen-bond acceptors (Lipinski definition) is 2. The van der Waals surface area contributed by atoms with Gasteiger partial charge in [0.15, 0.2) is 0 Å².